The van der Waals surface area contributed by atoms with Gasteiger partial charge < -0.3 is 0 Å². The number of thioether (sulfide) groups is 4. The molecule has 0 saturated carbocycles. The third kappa shape index (κ3) is 9.34. The van der Waals surface area contributed by atoms with E-state index in [-0.39, 0.29) is 3.54 Å². The van der Waals surface area contributed by atoms with Gasteiger partial charge in [-0.1, -0.05) is 67.0 Å². The van der Waals surface area contributed by atoms with Crippen LogP contribution in [0.1, 0.15) is 55.4 Å². The molecule has 19 heavy (non-hydrogen) atoms. The zero-order chi connectivity index (χ0) is 15.2. The maximum absolute atomic E-state index is 7.07. The summed E-state index contributed by atoms with van der Waals surface area (Å²) in [5.74, 6) is 0. The van der Waals surface area contributed by atoms with Crippen LogP contribution in [-0.4, -0.2) is 29.1 Å². The Labute approximate surface area is 142 Å². The van der Waals surface area contributed by atoms with Gasteiger partial charge in [-0.3, -0.25) is 0 Å². The molecule has 0 N–H and O–H groups in total. The summed E-state index contributed by atoms with van der Waals surface area (Å²) >= 11 is 14.9. The summed E-state index contributed by atoms with van der Waals surface area (Å²) < 4.78 is 0.167. The van der Waals surface area contributed by atoms with Gasteiger partial charge in [-0.05, 0) is 0 Å². The molecule has 0 nitrogen and oxygen atoms in total. The summed E-state index contributed by atoms with van der Waals surface area (Å²) in [6.07, 6.45) is 0. The molecular formula is C14H29ClS4. The van der Waals surface area contributed by atoms with Crippen LogP contribution in [0, 0.1) is 0 Å². The number of alkyl halides is 1. The molecule has 0 rings (SSSR count). The van der Waals surface area contributed by atoms with Gasteiger partial charge in [0.25, 0.3) is 0 Å². The van der Waals surface area contributed by atoms with E-state index in [0.29, 0.717) is 25.6 Å². The zero-order valence-corrected chi connectivity index (χ0v) is 17.4. The molecule has 0 amide bonds. The SMILES string of the molecule is CC(C)SC(SC(C)C)C(Cl)(SC(C)C)SC(C)C. The minimum absolute atomic E-state index is 0.244. The molecule has 0 aromatic heterocycles. The van der Waals surface area contributed by atoms with Crippen molar-refractivity contribution in [3.8, 4) is 0 Å². The van der Waals surface area contributed by atoms with Crippen LogP contribution in [0.15, 0.2) is 0 Å². The highest BCUT2D eigenvalue weighted by Crippen LogP contribution is 2.56. The van der Waals surface area contributed by atoms with Gasteiger partial charge in [-0.15, -0.1) is 47.0 Å². The molecule has 116 valence electrons. The summed E-state index contributed by atoms with van der Waals surface area (Å²) in [6.45, 7) is 18.0. The van der Waals surface area contributed by atoms with Crippen molar-refractivity contribution in [3.05, 3.63) is 0 Å². The summed E-state index contributed by atoms with van der Waals surface area (Å²) in [5, 5.41) is 2.31. The summed E-state index contributed by atoms with van der Waals surface area (Å²) in [7, 11) is 0. The van der Waals surface area contributed by atoms with Crippen LogP contribution >= 0.6 is 58.6 Å². The normalized spacial score (nSPS) is 13.6. The molecule has 0 aromatic carbocycles. The molecule has 0 bridgehead atoms. The van der Waals surface area contributed by atoms with Crippen molar-refractivity contribution in [2.75, 3.05) is 0 Å². The van der Waals surface area contributed by atoms with Gasteiger partial charge in [0.15, 0.2) is 3.54 Å². The van der Waals surface area contributed by atoms with Crippen molar-refractivity contribution in [1.82, 2.24) is 0 Å². The van der Waals surface area contributed by atoms with Gasteiger partial charge in [0.1, 0.15) is 0 Å². The number of hydrogen-bond acceptors (Lipinski definition) is 4. The first kappa shape index (κ1) is 20.7. The Morgan fingerprint density at radius 3 is 1.16 bits per heavy atom. The Morgan fingerprint density at radius 1 is 0.632 bits per heavy atom. The average molecular weight is 361 g/mol. The lowest BCUT2D eigenvalue weighted by Crippen LogP contribution is -2.30. The topological polar surface area (TPSA) is 0 Å². The van der Waals surface area contributed by atoms with E-state index in [2.05, 4.69) is 55.4 Å². The lowest BCUT2D eigenvalue weighted by atomic mass is 10.6. The monoisotopic (exact) mass is 360 g/mol. The third-order valence-electron chi connectivity index (χ3n) is 1.87. The van der Waals surface area contributed by atoms with Crippen LogP contribution in [0.5, 0.6) is 0 Å². The lowest BCUT2D eigenvalue weighted by molar-refractivity contribution is 1.04. The molecule has 0 spiro atoms. The van der Waals surface area contributed by atoms with E-state index in [4.69, 9.17) is 11.6 Å². The van der Waals surface area contributed by atoms with E-state index in [1.165, 1.54) is 0 Å². The van der Waals surface area contributed by atoms with E-state index in [1.807, 2.05) is 47.0 Å². The van der Waals surface area contributed by atoms with Crippen molar-refractivity contribution < 1.29 is 0 Å². The van der Waals surface area contributed by atoms with Crippen molar-refractivity contribution in [2.24, 2.45) is 0 Å². The molecule has 0 atom stereocenters. The third-order valence-corrected chi connectivity index (χ3v) is 9.07. The quantitative estimate of drug-likeness (QED) is 0.328. The maximum atomic E-state index is 7.07. The van der Waals surface area contributed by atoms with E-state index < -0.39 is 0 Å². The molecule has 0 radical (unpaired) electrons. The first-order valence-electron chi connectivity index (χ1n) is 6.92. The first-order valence-corrected chi connectivity index (χ1v) is 10.9. The number of rotatable bonds is 9. The molecule has 0 saturated heterocycles. The lowest BCUT2D eigenvalue weighted by Gasteiger charge is -2.37. The van der Waals surface area contributed by atoms with Crippen molar-refractivity contribution >= 4 is 58.6 Å². The smallest absolute Gasteiger partial charge is 0.141 e. The van der Waals surface area contributed by atoms with Crippen LogP contribution in [0.25, 0.3) is 0 Å². The van der Waals surface area contributed by atoms with E-state index in [0.717, 1.165) is 0 Å². The Bertz CT molecular complexity index is 222. The number of hydrogen-bond donors (Lipinski definition) is 0. The molecule has 0 fully saturated rings. The van der Waals surface area contributed by atoms with Crippen molar-refractivity contribution in [1.29, 1.82) is 0 Å². The molecule has 0 aliphatic rings. The highest BCUT2D eigenvalue weighted by Gasteiger charge is 2.41. The summed E-state index contributed by atoms with van der Waals surface area (Å²) in [6, 6.07) is 0. The molecule has 0 aliphatic heterocycles. The van der Waals surface area contributed by atoms with Gasteiger partial charge in [-0.2, -0.15) is 0 Å². The molecule has 0 aromatic rings. The predicted octanol–water partition coefficient (Wildman–Crippen LogP) is 6.77. The second-order valence-corrected chi connectivity index (χ2v) is 14.2. The Kier molecular flexibility index (Phi) is 10.5. The zero-order valence-electron chi connectivity index (χ0n) is 13.4. The highest BCUT2D eigenvalue weighted by molar-refractivity contribution is 8.26. The molecule has 0 aliphatic carbocycles. The Hall–Kier alpha value is 1.69. The van der Waals surface area contributed by atoms with Crippen LogP contribution in [-0.2, 0) is 0 Å². The van der Waals surface area contributed by atoms with Crippen LogP contribution in [0.3, 0.4) is 0 Å². The van der Waals surface area contributed by atoms with Gasteiger partial charge in [-0.25, -0.2) is 0 Å². The second kappa shape index (κ2) is 9.66. The second-order valence-electron chi connectivity index (χ2n) is 5.62. The minimum Gasteiger partial charge on any atom is -0.141 e. The molecule has 5 heteroatoms. The predicted molar refractivity (Wildman–Crippen MR) is 103 cm³/mol. The summed E-state index contributed by atoms with van der Waals surface area (Å²) in [4.78, 5) is 0. The van der Waals surface area contributed by atoms with Crippen molar-refractivity contribution in [2.45, 2.75) is 84.5 Å². The van der Waals surface area contributed by atoms with Crippen LogP contribution < -0.4 is 0 Å². The van der Waals surface area contributed by atoms with Gasteiger partial charge >= 0.3 is 0 Å². The molecule has 0 heterocycles. The van der Waals surface area contributed by atoms with E-state index in [1.54, 1.807) is 0 Å². The standard InChI is InChI=1S/C14H29ClS4/c1-9(2)16-13(17-10(3)4)14(15,18-11(5)6)19-12(7)8/h9-13H,1-8H3. The van der Waals surface area contributed by atoms with Crippen LogP contribution in [0.2, 0.25) is 0 Å². The van der Waals surface area contributed by atoms with E-state index in [9.17, 15) is 0 Å². The fraction of sp³-hybridized carbons (Fsp3) is 1.00. The van der Waals surface area contributed by atoms with Gasteiger partial charge in [0.05, 0.1) is 4.58 Å². The van der Waals surface area contributed by atoms with E-state index >= 15 is 0 Å². The first-order chi connectivity index (χ1) is 8.56. The fourth-order valence-corrected chi connectivity index (χ4v) is 9.97. The molecule has 0 unspecified atom stereocenters. The highest BCUT2D eigenvalue weighted by atomic mass is 35.5. The molecular weight excluding hydrogens is 332 g/mol. The minimum atomic E-state index is -0.244. The van der Waals surface area contributed by atoms with Crippen LogP contribution in [0.4, 0.5) is 0 Å². The van der Waals surface area contributed by atoms with Gasteiger partial charge in [0, 0.05) is 21.0 Å². The number of halogens is 1. The maximum Gasteiger partial charge on any atom is 0.157 e. The van der Waals surface area contributed by atoms with Crippen molar-refractivity contribution in [3.63, 3.8) is 0 Å². The largest absolute Gasteiger partial charge is 0.157 e. The Balaban J connectivity index is 5.08. The Morgan fingerprint density at radius 2 is 0.947 bits per heavy atom. The fourth-order valence-electron chi connectivity index (χ4n) is 1.47. The average Bonchev–Trinajstić information content (AvgIpc) is 2.11. The van der Waals surface area contributed by atoms with Gasteiger partial charge in [0.2, 0.25) is 0 Å². The summed E-state index contributed by atoms with van der Waals surface area (Å²) in [5.41, 5.74) is 0.